The number of fused-ring (bicyclic) bond motifs is 2. The molecule has 66 heavy (non-hydrogen) atoms. The first-order valence-electron chi connectivity index (χ1n) is 24.0. The van der Waals surface area contributed by atoms with E-state index in [0.717, 1.165) is 60.8 Å². The summed E-state index contributed by atoms with van der Waals surface area (Å²) in [4.78, 5) is 85.9. The van der Waals surface area contributed by atoms with Gasteiger partial charge in [-0.25, -0.2) is 0 Å². The van der Waals surface area contributed by atoms with Crippen molar-refractivity contribution in [2.24, 2.45) is 0 Å². The summed E-state index contributed by atoms with van der Waals surface area (Å²) in [6.07, 6.45) is 12.2. The van der Waals surface area contributed by atoms with E-state index in [4.69, 9.17) is 0 Å². The zero-order valence-corrected chi connectivity index (χ0v) is 38.9. The maximum absolute atomic E-state index is 14.4. The van der Waals surface area contributed by atoms with E-state index < -0.39 is 36.3 Å². The second-order valence-electron chi connectivity index (χ2n) is 18.4. The van der Waals surface area contributed by atoms with Gasteiger partial charge in [0.25, 0.3) is 0 Å². The maximum atomic E-state index is 14.4. The van der Waals surface area contributed by atoms with Crippen molar-refractivity contribution >= 4 is 41.5 Å². The molecule has 0 bridgehead atoms. The number of rotatable bonds is 17. The van der Waals surface area contributed by atoms with Crippen LogP contribution in [0.25, 0.3) is 6.08 Å². The monoisotopic (exact) mass is 901 g/mol. The van der Waals surface area contributed by atoms with Gasteiger partial charge in [-0.05, 0) is 132 Å². The molecule has 3 aromatic carbocycles. The number of likely N-dealkylation sites (tertiary alicyclic amines) is 2. The maximum Gasteiger partial charge on any atom is 0.246 e. The van der Waals surface area contributed by atoms with Gasteiger partial charge >= 0.3 is 0 Å². The molecule has 0 radical (unpaired) electrons. The zero-order chi connectivity index (χ0) is 46.7. The van der Waals surface area contributed by atoms with Crippen molar-refractivity contribution in [2.45, 2.75) is 139 Å². The largest absolute Gasteiger partial charge is 0.347 e. The Morgan fingerprint density at radius 1 is 0.606 bits per heavy atom. The van der Waals surface area contributed by atoms with Crippen LogP contribution in [0.15, 0.2) is 78.9 Å². The number of hydrogen-bond donors (Lipinski definition) is 6. The van der Waals surface area contributed by atoms with Crippen molar-refractivity contribution in [3.8, 4) is 0 Å². The smallest absolute Gasteiger partial charge is 0.246 e. The van der Waals surface area contributed by atoms with Gasteiger partial charge in [0, 0.05) is 19.5 Å². The summed E-state index contributed by atoms with van der Waals surface area (Å²) in [6.45, 7) is 4.31. The number of nitrogens with one attached hydrogen (secondary N) is 6. The normalized spacial score (nSPS) is 22.1. The summed E-state index contributed by atoms with van der Waals surface area (Å²) >= 11 is 0. The second kappa shape index (κ2) is 22.6. The molecule has 2 heterocycles. The first-order valence-corrected chi connectivity index (χ1v) is 24.0. The molecule has 2 saturated heterocycles. The van der Waals surface area contributed by atoms with Crippen molar-refractivity contribution in [1.29, 1.82) is 0 Å². The van der Waals surface area contributed by atoms with Crippen LogP contribution in [0.1, 0.15) is 117 Å². The van der Waals surface area contributed by atoms with Crippen molar-refractivity contribution in [3.05, 3.63) is 112 Å². The van der Waals surface area contributed by atoms with E-state index >= 15 is 0 Å². The Balaban J connectivity index is 1.01. The number of nitrogens with zero attached hydrogens (tertiary/aromatic N) is 2. The number of hydrogen-bond acceptors (Lipinski definition) is 8. The van der Waals surface area contributed by atoms with Gasteiger partial charge in [0.1, 0.15) is 24.2 Å². The summed E-state index contributed by atoms with van der Waals surface area (Å²) in [5.74, 6) is -1.55. The molecule has 3 aromatic rings. The Bertz CT molecular complexity index is 2250. The van der Waals surface area contributed by atoms with Crippen LogP contribution in [0, 0.1) is 0 Å². The van der Waals surface area contributed by atoms with E-state index in [-0.39, 0.29) is 60.4 Å². The van der Waals surface area contributed by atoms with Crippen LogP contribution in [0.2, 0.25) is 0 Å². The fourth-order valence-corrected chi connectivity index (χ4v) is 9.97. The Morgan fingerprint density at radius 3 is 1.58 bits per heavy atom. The first kappa shape index (κ1) is 48.1. The lowest BCUT2D eigenvalue weighted by molar-refractivity contribution is -0.141. The minimum atomic E-state index is -0.899. The summed E-state index contributed by atoms with van der Waals surface area (Å²) in [5, 5.41) is 18.3. The third kappa shape index (κ3) is 11.6. The molecule has 0 aromatic heterocycles. The number of benzene rings is 3. The molecule has 0 unspecified atom stereocenters. The minimum absolute atomic E-state index is 0.102. The van der Waals surface area contributed by atoms with E-state index in [1.54, 1.807) is 37.7 Å². The van der Waals surface area contributed by atoms with E-state index in [1.807, 2.05) is 60.7 Å². The highest BCUT2D eigenvalue weighted by Crippen LogP contribution is 2.32. The van der Waals surface area contributed by atoms with Gasteiger partial charge in [0.15, 0.2) is 0 Å². The average molecular weight is 901 g/mol. The van der Waals surface area contributed by atoms with Crippen molar-refractivity contribution < 1.29 is 28.8 Å². The number of carbonyl (C=O) groups is 6. The van der Waals surface area contributed by atoms with E-state index in [0.29, 0.717) is 38.8 Å². The number of amides is 6. The molecule has 7 rings (SSSR count). The highest BCUT2D eigenvalue weighted by atomic mass is 16.2. The molecular weight excluding hydrogens is 833 g/mol. The van der Waals surface area contributed by atoms with Gasteiger partial charge in [-0.15, -0.1) is 0 Å². The fraction of sp³-hybridized carbons (Fsp3) is 0.500. The highest BCUT2D eigenvalue weighted by molar-refractivity contribution is 5.95. The van der Waals surface area contributed by atoms with Gasteiger partial charge in [0.2, 0.25) is 35.4 Å². The SMILES string of the molecule is CN[C@@H](C)C(=O)N[C@@H](C/C=C/c1ccc(C[C@H](NC(=O)[C@H](C)NC)C(=O)N2CCC[C@H]2C(=O)N[C@@H]2CCCc3ccccc32)cc1)C(=O)N1CCC[C@H]1C(=O)N[C@@H]1CCCc2ccccc21. The number of likely N-dealkylation sites (N-methyl/N-ethyl adjacent to an activating group) is 2. The van der Waals surface area contributed by atoms with Crippen LogP contribution in [-0.2, 0) is 48.0 Å². The lowest BCUT2D eigenvalue weighted by Crippen LogP contribution is -2.56. The predicted octanol–water partition coefficient (Wildman–Crippen LogP) is 4.19. The molecule has 2 aliphatic carbocycles. The van der Waals surface area contributed by atoms with Crippen LogP contribution in [0.4, 0.5) is 0 Å². The second-order valence-corrected chi connectivity index (χ2v) is 18.4. The van der Waals surface area contributed by atoms with Crippen molar-refractivity contribution in [2.75, 3.05) is 27.2 Å². The third-order valence-corrected chi connectivity index (χ3v) is 14.0. The number of carbonyl (C=O) groups excluding carboxylic acids is 6. The third-order valence-electron chi connectivity index (χ3n) is 14.0. The van der Waals surface area contributed by atoms with Gasteiger partial charge in [0.05, 0.1) is 24.2 Å². The molecule has 0 saturated carbocycles. The van der Waals surface area contributed by atoms with Gasteiger partial charge in [-0.2, -0.15) is 0 Å². The lowest BCUT2D eigenvalue weighted by Gasteiger charge is -2.32. The molecule has 2 aliphatic heterocycles. The van der Waals surface area contributed by atoms with Crippen LogP contribution < -0.4 is 31.9 Å². The first-order chi connectivity index (χ1) is 31.9. The van der Waals surface area contributed by atoms with Crippen molar-refractivity contribution in [3.63, 3.8) is 0 Å². The quantitative estimate of drug-likeness (QED) is 0.117. The molecular formula is C52H68N8O6. The van der Waals surface area contributed by atoms with Gasteiger partial charge in [-0.1, -0.05) is 84.9 Å². The van der Waals surface area contributed by atoms with Gasteiger partial charge in [-0.3, -0.25) is 28.8 Å². The number of aryl methyl sites for hydroxylation is 2. The molecule has 14 heteroatoms. The Hall–Kier alpha value is -5.86. The Morgan fingerprint density at radius 2 is 1.08 bits per heavy atom. The molecule has 6 N–H and O–H groups in total. The predicted molar refractivity (Wildman–Crippen MR) is 255 cm³/mol. The molecule has 8 atom stereocenters. The van der Waals surface area contributed by atoms with Crippen LogP contribution in [0.5, 0.6) is 0 Å². The summed E-state index contributed by atoms with van der Waals surface area (Å²) < 4.78 is 0. The van der Waals surface area contributed by atoms with E-state index in [2.05, 4.69) is 56.2 Å². The molecule has 6 amide bonds. The molecule has 14 nitrogen and oxygen atoms in total. The van der Waals surface area contributed by atoms with Crippen LogP contribution >= 0.6 is 0 Å². The van der Waals surface area contributed by atoms with Crippen LogP contribution in [0.3, 0.4) is 0 Å². The molecule has 4 aliphatic rings. The zero-order valence-electron chi connectivity index (χ0n) is 38.9. The fourth-order valence-electron chi connectivity index (χ4n) is 9.97. The summed E-state index contributed by atoms with van der Waals surface area (Å²) in [7, 11) is 3.37. The average Bonchev–Trinajstić information content (AvgIpc) is 4.05. The van der Waals surface area contributed by atoms with Crippen LogP contribution in [-0.4, -0.2) is 109 Å². The van der Waals surface area contributed by atoms with Crippen molar-refractivity contribution in [1.82, 2.24) is 41.7 Å². The topological polar surface area (TPSA) is 181 Å². The standard InChI is InChI=1S/C52H68N8O6/c1-33(53-3)47(61)57-43(51(65)59-30-12-24-45(59)49(63)55-41-21-10-17-37-15-5-7-19-39(37)41)23-9-14-35-26-28-36(29-27-35)32-44(58-48(62)34(2)54-4)52(66)60-31-13-25-46(60)50(64)56-42-22-11-18-38-16-6-8-20-40(38)42/h5-9,14-16,19-20,26-29,33-34,41-46,53-54H,10-13,17-18,21-25,30-32H2,1-4H3,(H,55,63)(H,56,64)(H,57,61)(H,58,62)/b14-9+/t33-,34-,41+,42+,43-,44-,45-,46-/m0/s1. The van der Waals surface area contributed by atoms with E-state index in [1.165, 1.54) is 11.1 Å². The molecule has 0 spiro atoms. The van der Waals surface area contributed by atoms with Gasteiger partial charge < -0.3 is 41.7 Å². The summed E-state index contributed by atoms with van der Waals surface area (Å²) in [6, 6.07) is 19.7. The summed E-state index contributed by atoms with van der Waals surface area (Å²) in [5.41, 5.74) is 6.41. The Labute approximate surface area is 389 Å². The lowest BCUT2D eigenvalue weighted by atomic mass is 9.87. The Kier molecular flexibility index (Phi) is 16.4. The minimum Gasteiger partial charge on any atom is -0.347 e. The highest BCUT2D eigenvalue weighted by Gasteiger charge is 2.40. The molecule has 352 valence electrons. The molecule has 2 fully saturated rings. The van der Waals surface area contributed by atoms with E-state index in [9.17, 15) is 28.8 Å².